The zero-order valence-corrected chi connectivity index (χ0v) is 30.1. The Morgan fingerprint density at radius 1 is 0.614 bits per heavy atom. The van der Waals surface area contributed by atoms with Crippen LogP contribution in [0.5, 0.6) is 11.5 Å². The highest BCUT2D eigenvalue weighted by Crippen LogP contribution is 2.44. The van der Waals surface area contributed by atoms with E-state index < -0.39 is 32.2 Å². The summed E-state index contributed by atoms with van der Waals surface area (Å²) in [7, 11) is 3.16. The molecule has 5 aromatic carbocycles. The lowest BCUT2D eigenvalue weighted by Crippen LogP contribution is -2.20. The lowest BCUT2D eigenvalue weighted by Gasteiger charge is -2.23. The number of nitro groups is 3. The maximum Gasteiger partial charge on any atom is 0.301 e. The van der Waals surface area contributed by atoms with Crippen molar-refractivity contribution in [2.75, 3.05) is 35.2 Å². The molecule has 6 aromatic rings. The number of methoxy groups -OCH3 is 2. The summed E-state index contributed by atoms with van der Waals surface area (Å²) in [5.41, 5.74) is 2.04. The van der Waals surface area contributed by atoms with Crippen molar-refractivity contribution in [2.45, 2.75) is 12.5 Å². The van der Waals surface area contributed by atoms with Gasteiger partial charge in [0, 0.05) is 35.6 Å². The zero-order chi connectivity index (χ0) is 40.1. The number of benzene rings is 5. The lowest BCUT2D eigenvalue weighted by atomic mass is 9.96. The van der Waals surface area contributed by atoms with E-state index in [1.165, 1.54) is 23.2 Å². The van der Waals surface area contributed by atoms with Crippen LogP contribution >= 0.6 is 0 Å². The number of anilines is 7. The van der Waals surface area contributed by atoms with E-state index in [4.69, 9.17) is 14.6 Å². The molecule has 286 valence electrons. The molecular weight excluding hydrogens is 738 g/mol. The predicted octanol–water partition coefficient (Wildman–Crippen LogP) is 8.20. The van der Waals surface area contributed by atoms with Crippen molar-refractivity contribution in [3.8, 4) is 11.5 Å². The molecule has 0 saturated heterocycles. The van der Waals surface area contributed by atoms with E-state index in [9.17, 15) is 30.3 Å². The normalized spacial score (nSPS) is 13.3. The highest BCUT2D eigenvalue weighted by atomic mass is 16.6. The quantitative estimate of drug-likeness (QED) is 0.0699. The Kier molecular flexibility index (Phi) is 10.4. The molecule has 0 fully saturated rings. The number of aromatic nitrogens is 3. The third-order valence-electron chi connectivity index (χ3n) is 8.82. The molecule has 0 spiro atoms. The van der Waals surface area contributed by atoms with Crippen molar-refractivity contribution >= 4 is 63.4 Å². The largest absolute Gasteiger partial charge is 0.497 e. The molecule has 1 aliphatic rings. The van der Waals surface area contributed by atoms with Crippen LogP contribution < -0.4 is 30.4 Å². The van der Waals surface area contributed by atoms with Gasteiger partial charge >= 0.3 is 5.69 Å². The summed E-state index contributed by atoms with van der Waals surface area (Å²) >= 11 is 0. The summed E-state index contributed by atoms with van der Waals surface area (Å²) in [6, 6.07) is 29.9. The number of non-ortho nitro benzene ring substituents is 1. The highest BCUT2D eigenvalue weighted by molar-refractivity contribution is 6.04. The molecule has 1 aliphatic heterocycles. The molecular formula is C38H31N11O8. The van der Waals surface area contributed by atoms with E-state index >= 15 is 0 Å². The monoisotopic (exact) mass is 769 g/mol. The van der Waals surface area contributed by atoms with Gasteiger partial charge in [-0.25, -0.2) is 0 Å². The number of nitro benzene ring substituents is 3. The number of rotatable bonds is 14. The second kappa shape index (κ2) is 16.0. The smallest absolute Gasteiger partial charge is 0.301 e. The highest BCUT2D eigenvalue weighted by Gasteiger charge is 2.37. The van der Waals surface area contributed by atoms with Crippen LogP contribution in [-0.2, 0) is 0 Å². The number of ether oxygens (including phenoxy) is 2. The third-order valence-corrected chi connectivity index (χ3v) is 8.82. The molecule has 57 heavy (non-hydrogen) atoms. The molecule has 0 amide bonds. The Balaban J connectivity index is 1.19. The number of nitrogens with zero attached hydrogens (tertiary/aromatic N) is 8. The van der Waals surface area contributed by atoms with Crippen molar-refractivity contribution in [1.29, 1.82) is 0 Å². The van der Waals surface area contributed by atoms with Gasteiger partial charge in [-0.3, -0.25) is 35.4 Å². The minimum Gasteiger partial charge on any atom is -0.497 e. The summed E-state index contributed by atoms with van der Waals surface area (Å²) in [6.45, 7) is 0. The Hall–Kier alpha value is -8.22. The minimum absolute atomic E-state index is 0.0602. The number of hydrogen-bond donors (Lipinski definition) is 3. The second-order valence-electron chi connectivity index (χ2n) is 12.3. The lowest BCUT2D eigenvalue weighted by molar-refractivity contribution is -0.393. The van der Waals surface area contributed by atoms with Crippen LogP contribution in [0.15, 0.2) is 120 Å². The van der Waals surface area contributed by atoms with E-state index in [1.807, 2.05) is 24.3 Å². The number of para-hydroxylation sites is 1. The predicted molar refractivity (Wildman–Crippen MR) is 211 cm³/mol. The van der Waals surface area contributed by atoms with Gasteiger partial charge in [-0.15, -0.1) is 0 Å². The number of hydrazone groups is 1. The first-order chi connectivity index (χ1) is 27.6. The van der Waals surface area contributed by atoms with Crippen LogP contribution in [-0.4, -0.2) is 49.7 Å². The Morgan fingerprint density at radius 3 is 1.58 bits per heavy atom. The van der Waals surface area contributed by atoms with Crippen LogP contribution in [0.3, 0.4) is 0 Å². The Morgan fingerprint density at radius 2 is 1.11 bits per heavy atom. The average molecular weight is 770 g/mol. The fourth-order valence-corrected chi connectivity index (χ4v) is 6.08. The first kappa shape index (κ1) is 37.1. The Bertz CT molecular complexity index is 2430. The van der Waals surface area contributed by atoms with Gasteiger partial charge in [-0.1, -0.05) is 24.3 Å². The number of nitrogens with one attached hydrogen (secondary N) is 3. The molecule has 3 N–H and O–H groups in total. The topological polar surface area (TPSA) is 238 Å². The van der Waals surface area contributed by atoms with Gasteiger partial charge < -0.3 is 25.4 Å². The van der Waals surface area contributed by atoms with Gasteiger partial charge in [0.2, 0.25) is 17.8 Å². The summed E-state index contributed by atoms with van der Waals surface area (Å²) in [6.07, 6.45) is 0.125. The van der Waals surface area contributed by atoms with E-state index in [2.05, 4.69) is 30.9 Å². The van der Waals surface area contributed by atoms with Crippen LogP contribution in [0.1, 0.15) is 23.6 Å². The summed E-state index contributed by atoms with van der Waals surface area (Å²) in [4.78, 5) is 47.3. The maximum atomic E-state index is 12.1. The van der Waals surface area contributed by atoms with Crippen LogP contribution in [0, 0.1) is 30.3 Å². The van der Waals surface area contributed by atoms with Crippen molar-refractivity contribution < 1.29 is 24.2 Å². The Labute approximate surface area is 323 Å². The van der Waals surface area contributed by atoms with Gasteiger partial charge in [-0.2, -0.15) is 20.1 Å². The van der Waals surface area contributed by atoms with E-state index in [1.54, 1.807) is 74.9 Å². The van der Waals surface area contributed by atoms with E-state index in [-0.39, 0.29) is 41.2 Å². The average Bonchev–Trinajstić information content (AvgIpc) is 3.66. The van der Waals surface area contributed by atoms with Crippen LogP contribution in [0.25, 0.3) is 0 Å². The molecule has 19 heteroatoms. The van der Waals surface area contributed by atoms with Gasteiger partial charge in [0.05, 0.1) is 52.4 Å². The molecule has 19 nitrogen and oxygen atoms in total. The van der Waals surface area contributed by atoms with Gasteiger partial charge in [0.25, 0.3) is 11.4 Å². The number of hydrogen-bond acceptors (Lipinski definition) is 16. The first-order valence-electron chi connectivity index (χ1n) is 17.1. The first-order valence-corrected chi connectivity index (χ1v) is 17.1. The molecule has 1 atom stereocenters. The van der Waals surface area contributed by atoms with Crippen molar-refractivity contribution in [3.63, 3.8) is 0 Å². The molecule has 0 radical (unpaired) electrons. The van der Waals surface area contributed by atoms with Crippen LogP contribution in [0.2, 0.25) is 0 Å². The molecule has 0 saturated carbocycles. The summed E-state index contributed by atoms with van der Waals surface area (Å²) in [5, 5.41) is 51.2. The van der Waals surface area contributed by atoms with E-state index in [0.717, 1.165) is 12.1 Å². The third kappa shape index (κ3) is 8.31. The van der Waals surface area contributed by atoms with Crippen molar-refractivity contribution in [2.24, 2.45) is 5.10 Å². The standard InChI is InChI=1S/C38H31N11O8/c1-56-28-16-11-25(12-17-28)40-37-42-36(43-38(44-37)41-26-13-18-29(57-2)19-14-26)39-24-9-7-23(8-10-24)31-22-34(30-5-3-4-6-32(30)48(52)53)46(45-31)33-20-15-27(47(50)51)21-35(33)49(54)55/h3-21,34H,22H2,1-2H3,(H3,39,40,41,42,43,44). The van der Waals surface area contributed by atoms with E-state index in [0.29, 0.717) is 39.8 Å². The van der Waals surface area contributed by atoms with Crippen molar-refractivity contribution in [3.05, 3.63) is 157 Å². The zero-order valence-electron chi connectivity index (χ0n) is 30.1. The van der Waals surface area contributed by atoms with Gasteiger partial charge in [-0.05, 0) is 78.4 Å². The summed E-state index contributed by atoms with van der Waals surface area (Å²) in [5.74, 6) is 2.06. The van der Waals surface area contributed by atoms with Crippen LogP contribution in [0.4, 0.5) is 57.7 Å². The fraction of sp³-hybridized carbons (Fsp3) is 0.105. The fourth-order valence-electron chi connectivity index (χ4n) is 6.08. The van der Waals surface area contributed by atoms with Gasteiger partial charge in [0.1, 0.15) is 17.2 Å². The minimum atomic E-state index is -0.849. The van der Waals surface area contributed by atoms with Gasteiger partial charge in [0.15, 0.2) is 0 Å². The molecule has 2 heterocycles. The SMILES string of the molecule is COc1ccc(Nc2nc(Nc3ccc(OC)cc3)nc(Nc3ccc(C4=NN(c5ccc([N+](=O)[O-])cc5[N+](=O)[O-])C(c5ccccc5[N+](=O)[O-])C4)cc3)n2)cc1. The molecule has 0 aliphatic carbocycles. The molecule has 7 rings (SSSR count). The molecule has 1 aromatic heterocycles. The van der Waals surface area contributed by atoms with Crippen molar-refractivity contribution in [1.82, 2.24) is 15.0 Å². The second-order valence-corrected chi connectivity index (χ2v) is 12.3. The molecule has 1 unspecified atom stereocenters. The maximum absolute atomic E-state index is 12.1. The summed E-state index contributed by atoms with van der Waals surface area (Å²) < 4.78 is 10.5. The molecule has 0 bridgehead atoms.